The van der Waals surface area contributed by atoms with E-state index in [1.54, 1.807) is 0 Å². The second-order valence-corrected chi connectivity index (χ2v) is 4.84. The van der Waals surface area contributed by atoms with Gasteiger partial charge in [-0.1, -0.05) is 12.8 Å². The van der Waals surface area contributed by atoms with E-state index in [2.05, 4.69) is 5.32 Å². The highest BCUT2D eigenvalue weighted by atomic mass is 16.3. The van der Waals surface area contributed by atoms with Gasteiger partial charge in [-0.2, -0.15) is 0 Å². The number of aliphatic hydroxyl groups is 1. The summed E-state index contributed by atoms with van der Waals surface area (Å²) in [5.74, 6) is 0.207. The van der Waals surface area contributed by atoms with E-state index in [0.717, 1.165) is 32.2 Å². The molecule has 1 aliphatic heterocycles. The van der Waals surface area contributed by atoms with Crippen LogP contribution < -0.4 is 5.32 Å². The summed E-state index contributed by atoms with van der Waals surface area (Å²) in [6, 6.07) is 0.384. The number of nitrogens with zero attached hydrogens (tertiary/aromatic N) is 1. The fourth-order valence-corrected chi connectivity index (χ4v) is 2.89. The van der Waals surface area contributed by atoms with E-state index in [4.69, 9.17) is 5.11 Å². The van der Waals surface area contributed by atoms with Crippen molar-refractivity contribution in [2.24, 2.45) is 0 Å². The van der Waals surface area contributed by atoms with Gasteiger partial charge in [-0.15, -0.1) is 0 Å². The number of aliphatic hydroxyl groups excluding tert-OH is 1. The van der Waals surface area contributed by atoms with E-state index in [9.17, 15) is 4.79 Å². The van der Waals surface area contributed by atoms with Crippen LogP contribution in [0.1, 0.15) is 38.5 Å². The van der Waals surface area contributed by atoms with E-state index in [1.165, 1.54) is 12.8 Å². The molecular formula is C12H22N2O2. The van der Waals surface area contributed by atoms with Crippen molar-refractivity contribution in [2.75, 3.05) is 19.7 Å². The normalized spacial score (nSPS) is 26.2. The van der Waals surface area contributed by atoms with Crippen LogP contribution in [-0.2, 0) is 4.79 Å². The molecule has 4 nitrogen and oxygen atoms in total. The highest BCUT2D eigenvalue weighted by molar-refractivity contribution is 5.82. The average molecular weight is 226 g/mol. The summed E-state index contributed by atoms with van der Waals surface area (Å²) in [4.78, 5) is 14.2. The largest absolute Gasteiger partial charge is 0.395 e. The Balaban J connectivity index is 1.96. The molecule has 1 heterocycles. The minimum absolute atomic E-state index is 0.00662. The first-order valence-electron chi connectivity index (χ1n) is 6.47. The Hall–Kier alpha value is -0.610. The third-order valence-electron chi connectivity index (χ3n) is 3.75. The first-order chi connectivity index (χ1) is 7.83. The van der Waals surface area contributed by atoms with Gasteiger partial charge >= 0.3 is 0 Å². The Labute approximate surface area is 97.0 Å². The van der Waals surface area contributed by atoms with Crippen molar-refractivity contribution in [3.63, 3.8) is 0 Å². The summed E-state index contributed by atoms with van der Waals surface area (Å²) >= 11 is 0. The van der Waals surface area contributed by atoms with Gasteiger partial charge < -0.3 is 15.3 Å². The van der Waals surface area contributed by atoms with Crippen LogP contribution in [-0.4, -0.2) is 47.7 Å². The molecule has 0 bridgehead atoms. The molecule has 16 heavy (non-hydrogen) atoms. The maximum Gasteiger partial charge on any atom is 0.240 e. The zero-order chi connectivity index (χ0) is 11.4. The molecule has 0 unspecified atom stereocenters. The fraction of sp³-hybridized carbons (Fsp3) is 0.917. The summed E-state index contributed by atoms with van der Waals surface area (Å²) in [5, 5.41) is 12.3. The van der Waals surface area contributed by atoms with Gasteiger partial charge in [-0.25, -0.2) is 0 Å². The molecule has 0 aromatic carbocycles. The number of hydrogen-bond donors (Lipinski definition) is 2. The quantitative estimate of drug-likeness (QED) is 0.734. The lowest BCUT2D eigenvalue weighted by atomic mass is 10.1. The molecule has 1 saturated carbocycles. The second-order valence-electron chi connectivity index (χ2n) is 4.84. The van der Waals surface area contributed by atoms with Gasteiger partial charge in [0.25, 0.3) is 0 Å². The van der Waals surface area contributed by atoms with Crippen molar-refractivity contribution in [2.45, 2.75) is 50.6 Å². The van der Waals surface area contributed by atoms with Crippen LogP contribution in [0.4, 0.5) is 0 Å². The summed E-state index contributed by atoms with van der Waals surface area (Å²) < 4.78 is 0. The van der Waals surface area contributed by atoms with Gasteiger partial charge in [0.1, 0.15) is 0 Å². The number of rotatable bonds is 4. The Kier molecular flexibility index (Phi) is 4.18. The SMILES string of the molecule is O=C([C@@H]1CCCN1)N(CCO)C1CCCC1. The Morgan fingerprint density at radius 2 is 2.00 bits per heavy atom. The number of nitrogens with one attached hydrogen (secondary N) is 1. The topological polar surface area (TPSA) is 52.6 Å². The van der Waals surface area contributed by atoms with Gasteiger partial charge in [-0.05, 0) is 32.2 Å². The Morgan fingerprint density at radius 1 is 1.25 bits per heavy atom. The van der Waals surface area contributed by atoms with Crippen LogP contribution in [0.15, 0.2) is 0 Å². The van der Waals surface area contributed by atoms with Crippen molar-refractivity contribution >= 4 is 5.91 Å². The number of amides is 1. The van der Waals surface area contributed by atoms with Crippen LogP contribution in [0.3, 0.4) is 0 Å². The summed E-state index contributed by atoms with van der Waals surface area (Å²) in [5.41, 5.74) is 0. The molecule has 1 saturated heterocycles. The van der Waals surface area contributed by atoms with Crippen molar-refractivity contribution in [3.05, 3.63) is 0 Å². The molecule has 92 valence electrons. The third-order valence-corrected chi connectivity index (χ3v) is 3.75. The number of hydrogen-bond acceptors (Lipinski definition) is 3. The molecule has 1 amide bonds. The molecule has 0 spiro atoms. The van der Waals surface area contributed by atoms with E-state index >= 15 is 0 Å². The van der Waals surface area contributed by atoms with Crippen LogP contribution in [0, 0.1) is 0 Å². The Morgan fingerprint density at radius 3 is 2.56 bits per heavy atom. The lowest BCUT2D eigenvalue weighted by molar-refractivity contribution is -0.135. The predicted octanol–water partition coefficient (Wildman–Crippen LogP) is 0.502. The van der Waals surface area contributed by atoms with Gasteiger partial charge in [0.2, 0.25) is 5.91 Å². The van der Waals surface area contributed by atoms with Crippen molar-refractivity contribution in [3.8, 4) is 0 Å². The Bertz CT molecular complexity index is 233. The molecule has 1 aliphatic carbocycles. The van der Waals surface area contributed by atoms with E-state index in [0.29, 0.717) is 12.6 Å². The first kappa shape index (κ1) is 11.9. The molecule has 2 rings (SSSR count). The summed E-state index contributed by atoms with van der Waals surface area (Å²) in [6.45, 7) is 1.53. The maximum absolute atomic E-state index is 12.3. The highest BCUT2D eigenvalue weighted by Crippen LogP contribution is 2.24. The molecule has 2 N–H and O–H groups in total. The highest BCUT2D eigenvalue weighted by Gasteiger charge is 2.32. The lowest BCUT2D eigenvalue weighted by Crippen LogP contribution is -2.48. The minimum atomic E-state index is 0.00662. The van der Waals surface area contributed by atoms with Crippen molar-refractivity contribution in [1.82, 2.24) is 10.2 Å². The van der Waals surface area contributed by atoms with Gasteiger partial charge in [0, 0.05) is 12.6 Å². The molecule has 0 aromatic rings. The van der Waals surface area contributed by atoms with Crippen LogP contribution in [0.2, 0.25) is 0 Å². The van der Waals surface area contributed by atoms with E-state index < -0.39 is 0 Å². The first-order valence-corrected chi connectivity index (χ1v) is 6.47. The predicted molar refractivity (Wildman–Crippen MR) is 62.1 cm³/mol. The monoisotopic (exact) mass is 226 g/mol. The van der Waals surface area contributed by atoms with Crippen LogP contribution in [0.5, 0.6) is 0 Å². The average Bonchev–Trinajstić information content (AvgIpc) is 2.96. The van der Waals surface area contributed by atoms with Crippen LogP contribution in [0.25, 0.3) is 0 Å². The number of carbonyl (C=O) groups is 1. The molecule has 2 fully saturated rings. The van der Waals surface area contributed by atoms with E-state index in [1.807, 2.05) is 4.90 Å². The molecule has 0 aromatic heterocycles. The minimum Gasteiger partial charge on any atom is -0.395 e. The molecule has 1 atom stereocenters. The zero-order valence-electron chi connectivity index (χ0n) is 9.82. The zero-order valence-corrected chi connectivity index (χ0v) is 9.82. The fourth-order valence-electron chi connectivity index (χ4n) is 2.89. The maximum atomic E-state index is 12.3. The van der Waals surface area contributed by atoms with Gasteiger partial charge in [0.15, 0.2) is 0 Å². The molecule has 4 heteroatoms. The van der Waals surface area contributed by atoms with E-state index in [-0.39, 0.29) is 18.6 Å². The van der Waals surface area contributed by atoms with Gasteiger partial charge in [-0.3, -0.25) is 4.79 Å². The smallest absolute Gasteiger partial charge is 0.240 e. The summed E-state index contributed by atoms with van der Waals surface area (Å²) in [7, 11) is 0. The second kappa shape index (κ2) is 5.64. The molecule has 0 radical (unpaired) electrons. The molecular weight excluding hydrogens is 204 g/mol. The molecule has 2 aliphatic rings. The van der Waals surface area contributed by atoms with Crippen molar-refractivity contribution in [1.29, 1.82) is 0 Å². The summed E-state index contributed by atoms with van der Waals surface area (Å²) in [6.07, 6.45) is 6.70. The third kappa shape index (κ3) is 2.55. The van der Waals surface area contributed by atoms with Crippen molar-refractivity contribution < 1.29 is 9.90 Å². The standard InChI is InChI=1S/C12H22N2O2/c15-9-8-14(10-4-1-2-5-10)12(16)11-6-3-7-13-11/h10-11,13,15H,1-9H2/t11-/m0/s1. The van der Waals surface area contributed by atoms with Gasteiger partial charge in [0.05, 0.1) is 12.6 Å². The van der Waals surface area contributed by atoms with Crippen LogP contribution >= 0.6 is 0 Å². The lowest BCUT2D eigenvalue weighted by Gasteiger charge is -2.30. The number of carbonyl (C=O) groups excluding carboxylic acids is 1.